The molecule has 0 aliphatic carbocycles. The molecule has 0 saturated heterocycles. The van der Waals surface area contributed by atoms with Crippen LogP contribution in [0.15, 0.2) is 158 Å². The monoisotopic (exact) mass is 852 g/mol. The summed E-state index contributed by atoms with van der Waals surface area (Å²) in [6.07, 6.45) is 3.27. The molecule has 1 unspecified atom stereocenters. The van der Waals surface area contributed by atoms with Gasteiger partial charge in [0, 0.05) is 38.2 Å². The van der Waals surface area contributed by atoms with E-state index in [-0.39, 0.29) is 23.5 Å². The smallest absolute Gasteiger partial charge is 0.147 e. The highest BCUT2D eigenvalue weighted by Gasteiger charge is 2.24. The van der Waals surface area contributed by atoms with Gasteiger partial charge in [0.05, 0.1) is 39.5 Å². The molecule has 0 aliphatic rings. The van der Waals surface area contributed by atoms with Crippen molar-refractivity contribution in [2.24, 2.45) is 5.92 Å². The third kappa shape index (κ3) is 7.49. The normalized spacial score (nSPS) is 12.7. The predicted octanol–water partition coefficient (Wildman–Crippen LogP) is 15.4. The van der Waals surface area contributed by atoms with Crippen molar-refractivity contribution in [1.82, 2.24) is 9.13 Å². The minimum absolute atomic E-state index is 0.118. The first kappa shape index (κ1) is 41.8. The average Bonchev–Trinajstić information content (AvgIpc) is 3.83. The topological polar surface area (TPSA) is 59.5 Å². The van der Waals surface area contributed by atoms with Gasteiger partial charge in [-0.25, -0.2) is 0 Å². The molecule has 0 fully saturated rings. The number of phenolic OH excluding ortho intramolecular Hbond substituents is 2. The SMILES string of the molecule is CCc1ccc(C[C@@H](C)CC(C)Oc2ccc(CC)cc2-c2cc(C)cc(-n3c4ccccc4c4ccccc43)c2O)c(-c2cc(C)cc(-n3c4ccccc4c4ccccc43)c2O)c1. The number of hydrogen-bond donors (Lipinski definition) is 2. The third-order valence-electron chi connectivity index (χ3n) is 13.4. The highest BCUT2D eigenvalue weighted by molar-refractivity contribution is 6.10. The van der Waals surface area contributed by atoms with Gasteiger partial charge in [0.25, 0.3) is 0 Å². The molecule has 10 rings (SSSR count). The van der Waals surface area contributed by atoms with Crippen LogP contribution in [-0.2, 0) is 19.3 Å². The first-order chi connectivity index (χ1) is 31.6. The Morgan fingerprint density at radius 1 is 0.477 bits per heavy atom. The van der Waals surface area contributed by atoms with E-state index in [4.69, 9.17) is 4.74 Å². The second kappa shape index (κ2) is 17.0. The molecule has 2 aromatic heterocycles. The molecule has 0 radical (unpaired) electrons. The summed E-state index contributed by atoms with van der Waals surface area (Å²) in [7, 11) is 0. The van der Waals surface area contributed by atoms with Crippen LogP contribution in [0.25, 0.3) is 77.2 Å². The number of para-hydroxylation sites is 4. The summed E-state index contributed by atoms with van der Waals surface area (Å²) in [4.78, 5) is 0. The third-order valence-corrected chi connectivity index (χ3v) is 13.4. The Hall–Kier alpha value is -7.24. The molecule has 2 heterocycles. The van der Waals surface area contributed by atoms with Crippen LogP contribution in [0.2, 0.25) is 0 Å². The maximum Gasteiger partial charge on any atom is 0.147 e. The van der Waals surface area contributed by atoms with Gasteiger partial charge in [0.2, 0.25) is 0 Å². The van der Waals surface area contributed by atoms with Crippen LogP contribution < -0.4 is 4.74 Å². The quantitative estimate of drug-likeness (QED) is 0.129. The van der Waals surface area contributed by atoms with E-state index < -0.39 is 0 Å². The summed E-state index contributed by atoms with van der Waals surface area (Å²) in [6.45, 7) is 13.0. The van der Waals surface area contributed by atoms with Crippen molar-refractivity contribution in [2.75, 3.05) is 0 Å². The number of aromatic hydroxyl groups is 2. The number of nitrogens with zero attached hydrogens (tertiary/aromatic N) is 2. The van der Waals surface area contributed by atoms with Gasteiger partial charge in [-0.15, -0.1) is 0 Å². The Labute approximate surface area is 381 Å². The van der Waals surface area contributed by atoms with Crippen LogP contribution >= 0.6 is 0 Å². The molecule has 0 spiro atoms. The van der Waals surface area contributed by atoms with Crippen LogP contribution in [0.5, 0.6) is 17.2 Å². The van der Waals surface area contributed by atoms with Gasteiger partial charge in [-0.05, 0) is 146 Å². The van der Waals surface area contributed by atoms with E-state index in [1.54, 1.807) is 0 Å². The molecule has 2 N–H and O–H groups in total. The van der Waals surface area contributed by atoms with Gasteiger partial charge in [-0.2, -0.15) is 0 Å². The van der Waals surface area contributed by atoms with Crippen molar-refractivity contribution >= 4 is 43.6 Å². The molecule has 5 heteroatoms. The van der Waals surface area contributed by atoms with Crippen molar-refractivity contribution in [3.05, 3.63) is 186 Å². The number of aryl methyl sites for hydroxylation is 4. The standard InChI is InChI=1S/C60H56N2O3/c1-7-41-25-27-43(48(35-41)50-31-38(4)33-56(59(50)63)61-52-21-13-9-17-44(52)45-18-10-14-22-53(45)61)30-37(3)29-40(6)65-58-28-26-42(8-2)36-49(58)51-32-39(5)34-57(60(51)64)62-54-23-15-11-19-46(54)47-20-12-16-24-55(47)62/h9-28,31-37,40,63-64H,7-8,29-30H2,1-6H3/t37-,40?/m0/s1. The zero-order valence-electron chi connectivity index (χ0n) is 38.2. The van der Waals surface area contributed by atoms with Gasteiger partial charge in [0.15, 0.2) is 0 Å². The highest BCUT2D eigenvalue weighted by Crippen LogP contribution is 2.45. The number of benzene rings is 8. The molecule has 0 saturated carbocycles. The molecule has 65 heavy (non-hydrogen) atoms. The molecule has 0 aliphatic heterocycles. The van der Waals surface area contributed by atoms with Gasteiger partial charge in [0.1, 0.15) is 17.2 Å². The van der Waals surface area contributed by atoms with Crippen molar-refractivity contribution in [3.8, 4) is 50.9 Å². The number of rotatable bonds is 12. The van der Waals surface area contributed by atoms with E-state index in [1.807, 2.05) is 0 Å². The fourth-order valence-electron chi connectivity index (χ4n) is 10.3. The summed E-state index contributed by atoms with van der Waals surface area (Å²) in [6, 6.07) is 55.3. The fourth-order valence-corrected chi connectivity index (χ4v) is 10.3. The lowest BCUT2D eigenvalue weighted by Gasteiger charge is -2.23. The van der Waals surface area contributed by atoms with E-state index in [2.05, 4.69) is 208 Å². The zero-order chi connectivity index (χ0) is 44.9. The lowest BCUT2D eigenvalue weighted by atomic mass is 9.88. The number of hydrogen-bond acceptors (Lipinski definition) is 3. The van der Waals surface area contributed by atoms with E-state index >= 15 is 0 Å². The Bertz CT molecular complexity index is 3090. The minimum Gasteiger partial charge on any atom is -0.505 e. The Kier molecular flexibility index (Phi) is 10.9. The lowest BCUT2D eigenvalue weighted by molar-refractivity contribution is 0.190. The Balaban J connectivity index is 0.970. The molecule has 5 nitrogen and oxygen atoms in total. The summed E-state index contributed by atoms with van der Waals surface area (Å²) < 4.78 is 11.3. The maximum absolute atomic E-state index is 12.4. The van der Waals surface area contributed by atoms with Crippen molar-refractivity contribution in [3.63, 3.8) is 0 Å². The molecule has 0 bridgehead atoms. The van der Waals surface area contributed by atoms with Gasteiger partial charge < -0.3 is 24.1 Å². The van der Waals surface area contributed by atoms with Gasteiger partial charge in [-0.3, -0.25) is 0 Å². The molecule has 8 aromatic carbocycles. The van der Waals surface area contributed by atoms with Crippen LogP contribution in [0.1, 0.15) is 61.9 Å². The first-order valence-electron chi connectivity index (χ1n) is 23.2. The molecular weight excluding hydrogens is 797 g/mol. The zero-order valence-corrected chi connectivity index (χ0v) is 38.2. The largest absolute Gasteiger partial charge is 0.505 e. The van der Waals surface area contributed by atoms with E-state index in [0.29, 0.717) is 0 Å². The van der Waals surface area contributed by atoms with E-state index in [9.17, 15) is 10.2 Å². The van der Waals surface area contributed by atoms with Crippen molar-refractivity contribution in [2.45, 2.75) is 73.3 Å². The highest BCUT2D eigenvalue weighted by atomic mass is 16.5. The average molecular weight is 853 g/mol. The molecule has 0 amide bonds. The number of fused-ring (bicyclic) bond motifs is 6. The lowest BCUT2D eigenvalue weighted by Crippen LogP contribution is -2.17. The summed E-state index contributed by atoms with van der Waals surface area (Å²) in [5.74, 6) is 1.52. The second-order valence-corrected chi connectivity index (χ2v) is 18.1. The van der Waals surface area contributed by atoms with Crippen molar-refractivity contribution < 1.29 is 14.9 Å². The Morgan fingerprint density at radius 2 is 0.892 bits per heavy atom. The second-order valence-electron chi connectivity index (χ2n) is 18.1. The summed E-state index contributed by atoms with van der Waals surface area (Å²) in [5.41, 5.74) is 15.1. The first-order valence-corrected chi connectivity index (χ1v) is 23.2. The van der Waals surface area contributed by atoms with Crippen LogP contribution in [0, 0.1) is 19.8 Å². The van der Waals surface area contributed by atoms with Gasteiger partial charge in [-0.1, -0.05) is 118 Å². The number of ether oxygens (including phenoxy) is 1. The summed E-state index contributed by atoms with van der Waals surface area (Å²) in [5, 5.41) is 29.4. The van der Waals surface area contributed by atoms with Crippen LogP contribution in [0.4, 0.5) is 0 Å². The van der Waals surface area contributed by atoms with Gasteiger partial charge >= 0.3 is 0 Å². The molecule has 10 aromatic rings. The minimum atomic E-state index is -0.118. The van der Waals surface area contributed by atoms with E-state index in [0.717, 1.165) is 120 Å². The predicted molar refractivity (Wildman–Crippen MR) is 272 cm³/mol. The van der Waals surface area contributed by atoms with Crippen LogP contribution in [0.3, 0.4) is 0 Å². The van der Waals surface area contributed by atoms with E-state index in [1.165, 1.54) is 16.7 Å². The molecule has 2 atom stereocenters. The summed E-state index contributed by atoms with van der Waals surface area (Å²) >= 11 is 0. The Morgan fingerprint density at radius 3 is 1.35 bits per heavy atom. The maximum atomic E-state index is 12.4. The van der Waals surface area contributed by atoms with Crippen molar-refractivity contribution in [1.29, 1.82) is 0 Å². The molecular formula is C60H56N2O3. The number of aromatic nitrogens is 2. The fraction of sp³-hybridized carbons (Fsp3) is 0.200. The number of phenols is 2. The van der Waals surface area contributed by atoms with Crippen LogP contribution in [-0.4, -0.2) is 25.5 Å². The molecule has 324 valence electrons.